The van der Waals surface area contributed by atoms with Gasteiger partial charge >= 0.3 is 118 Å². The molecule has 1 aromatic carbocycles. The predicted molar refractivity (Wildman–Crippen MR) is 73.2 cm³/mol. The third kappa shape index (κ3) is 4.99. The van der Waals surface area contributed by atoms with Crippen LogP contribution in [0.4, 0.5) is 0 Å². The van der Waals surface area contributed by atoms with Crippen LogP contribution in [0.3, 0.4) is 0 Å². The molecule has 0 aliphatic heterocycles. The van der Waals surface area contributed by atoms with E-state index in [0.717, 1.165) is 0 Å². The van der Waals surface area contributed by atoms with Crippen LogP contribution in [0.15, 0.2) is 24.3 Å². The average Bonchev–Trinajstić information content (AvgIpc) is 2.15. The van der Waals surface area contributed by atoms with E-state index >= 15 is 0 Å². The maximum atomic E-state index is 2.43. The van der Waals surface area contributed by atoms with Crippen LogP contribution < -0.4 is 21.2 Å². The van der Waals surface area contributed by atoms with Crippen molar-refractivity contribution in [2.24, 2.45) is 5.41 Å². The van der Waals surface area contributed by atoms with Crippen LogP contribution in [0.25, 0.3) is 0 Å². The number of benzene rings is 1. The van der Waals surface area contributed by atoms with Crippen LogP contribution in [0, 0.1) is 5.41 Å². The summed E-state index contributed by atoms with van der Waals surface area (Å²) in [6.07, 6.45) is 1.17. The Bertz CT molecular complexity index is 358. The monoisotopic (exact) mass is 345 g/mol. The second-order valence-corrected chi connectivity index (χ2v) is 11.3. The molecule has 0 heterocycles. The fourth-order valence-electron chi connectivity index (χ4n) is 2.07. The third-order valence-electron chi connectivity index (χ3n) is 2.82. The zero-order chi connectivity index (χ0) is 13.1. The molecule has 0 saturated heterocycles. The van der Waals surface area contributed by atoms with Crippen molar-refractivity contribution in [3.05, 3.63) is 35.4 Å². The Morgan fingerprint density at radius 3 is 2.24 bits per heavy atom. The molecule has 0 N–H and O–H groups in total. The normalized spacial score (nSPS) is 13.1. The fourth-order valence-corrected chi connectivity index (χ4v) is 4.76. The molecule has 1 aromatic rings. The van der Waals surface area contributed by atoms with Gasteiger partial charge in [0.05, 0.1) is 0 Å². The molecule has 0 aromatic heterocycles. The quantitative estimate of drug-likeness (QED) is 0.575. The van der Waals surface area contributed by atoms with Crippen LogP contribution >= 0.6 is 0 Å². The van der Waals surface area contributed by atoms with Gasteiger partial charge in [0, 0.05) is 0 Å². The van der Waals surface area contributed by atoms with E-state index in [9.17, 15) is 0 Å². The van der Waals surface area contributed by atoms with E-state index in [0.29, 0.717) is 8.84 Å². The molecule has 98 valence electrons. The Balaban J connectivity index is 2.93. The van der Waals surface area contributed by atoms with E-state index in [1.54, 1.807) is 0 Å². The second kappa shape index (κ2) is 5.73. The van der Waals surface area contributed by atoms with Crippen molar-refractivity contribution in [3.63, 3.8) is 0 Å². The SMILES string of the molecule is CC[I-]C(C)(C)c1cccc(CC(C)(C)C)c1. The number of alkyl halides is 2. The number of hydrogen-bond acceptors (Lipinski definition) is 0. The molecule has 0 bridgehead atoms. The summed E-state index contributed by atoms with van der Waals surface area (Å²) in [6, 6.07) is 9.24. The summed E-state index contributed by atoms with van der Waals surface area (Å²) >= 11 is 0.256. The van der Waals surface area contributed by atoms with Crippen LogP contribution in [0.1, 0.15) is 52.7 Å². The second-order valence-electron chi connectivity index (χ2n) is 6.31. The zero-order valence-corrected chi connectivity index (χ0v) is 14.3. The summed E-state index contributed by atoms with van der Waals surface area (Å²) in [4.78, 5) is 0. The Morgan fingerprint density at radius 1 is 1.06 bits per heavy atom. The molecular formula is C16H26I-. The van der Waals surface area contributed by atoms with Gasteiger partial charge in [0.2, 0.25) is 0 Å². The van der Waals surface area contributed by atoms with Crippen molar-refractivity contribution in [2.75, 3.05) is 4.43 Å². The van der Waals surface area contributed by atoms with E-state index < -0.39 is 0 Å². The summed E-state index contributed by atoms with van der Waals surface area (Å²) in [5.41, 5.74) is 3.40. The summed E-state index contributed by atoms with van der Waals surface area (Å²) in [6.45, 7) is 14.0. The fraction of sp³-hybridized carbons (Fsp3) is 0.625. The van der Waals surface area contributed by atoms with Crippen molar-refractivity contribution in [1.82, 2.24) is 0 Å². The first-order valence-electron chi connectivity index (χ1n) is 6.44. The standard InChI is InChI=1S/C16H26I/c1-7-17-16(5,6)14-10-8-9-13(11-14)12-15(2,3)4/h8-11H,7,12H2,1-6H3/q-1. The molecule has 0 aliphatic carbocycles. The molecule has 0 amide bonds. The maximum absolute atomic E-state index is 2.43. The van der Waals surface area contributed by atoms with Gasteiger partial charge in [0.25, 0.3) is 0 Å². The molecule has 0 spiro atoms. The first-order chi connectivity index (χ1) is 7.74. The third-order valence-corrected chi connectivity index (χ3v) is 6.11. The molecule has 0 saturated carbocycles. The van der Waals surface area contributed by atoms with Gasteiger partial charge in [-0.25, -0.2) is 0 Å². The summed E-state index contributed by atoms with van der Waals surface area (Å²) in [5, 5.41) is 0. The Labute approximate surface area is 117 Å². The molecule has 0 atom stereocenters. The molecule has 0 radical (unpaired) electrons. The van der Waals surface area contributed by atoms with Gasteiger partial charge in [-0.2, -0.15) is 0 Å². The van der Waals surface area contributed by atoms with Gasteiger partial charge in [-0.05, 0) is 0 Å². The zero-order valence-electron chi connectivity index (χ0n) is 12.1. The number of hydrogen-bond donors (Lipinski definition) is 0. The van der Waals surface area contributed by atoms with E-state index in [1.165, 1.54) is 22.0 Å². The molecule has 1 heteroatoms. The van der Waals surface area contributed by atoms with Gasteiger partial charge in [-0.15, -0.1) is 0 Å². The van der Waals surface area contributed by atoms with Crippen LogP contribution in [0.2, 0.25) is 0 Å². The van der Waals surface area contributed by atoms with Crippen molar-refractivity contribution >= 4 is 0 Å². The van der Waals surface area contributed by atoms with E-state index in [2.05, 4.69) is 65.8 Å². The molecule has 1 rings (SSSR count). The average molecular weight is 345 g/mol. The summed E-state index contributed by atoms with van der Waals surface area (Å²) in [7, 11) is 0. The predicted octanol–water partition coefficient (Wildman–Crippen LogP) is 1.62. The van der Waals surface area contributed by atoms with E-state index in [-0.39, 0.29) is 21.2 Å². The van der Waals surface area contributed by atoms with Crippen LogP contribution in [0.5, 0.6) is 0 Å². The minimum atomic E-state index is 0.256. The van der Waals surface area contributed by atoms with Gasteiger partial charge in [0.15, 0.2) is 0 Å². The van der Waals surface area contributed by atoms with E-state index in [1.807, 2.05) is 0 Å². The van der Waals surface area contributed by atoms with E-state index in [4.69, 9.17) is 0 Å². The Morgan fingerprint density at radius 2 is 1.71 bits per heavy atom. The van der Waals surface area contributed by atoms with Crippen LogP contribution in [-0.4, -0.2) is 4.43 Å². The Hall–Kier alpha value is -0.0500. The molecule has 0 nitrogen and oxygen atoms in total. The molecule has 0 aliphatic rings. The van der Waals surface area contributed by atoms with Crippen molar-refractivity contribution in [2.45, 2.75) is 51.4 Å². The van der Waals surface area contributed by atoms with Gasteiger partial charge < -0.3 is 0 Å². The minimum absolute atomic E-state index is 0.256. The Kier molecular flexibility index (Phi) is 5.06. The molecule has 0 fully saturated rings. The van der Waals surface area contributed by atoms with Crippen molar-refractivity contribution in [3.8, 4) is 0 Å². The van der Waals surface area contributed by atoms with Crippen molar-refractivity contribution in [1.29, 1.82) is 0 Å². The van der Waals surface area contributed by atoms with Gasteiger partial charge in [-0.1, -0.05) is 0 Å². The number of halogens is 1. The van der Waals surface area contributed by atoms with Gasteiger partial charge in [-0.3, -0.25) is 0 Å². The molecule has 0 unspecified atom stereocenters. The van der Waals surface area contributed by atoms with Crippen molar-refractivity contribution < 1.29 is 21.2 Å². The molecular weight excluding hydrogens is 319 g/mol. The van der Waals surface area contributed by atoms with Gasteiger partial charge in [0.1, 0.15) is 0 Å². The number of rotatable bonds is 4. The first kappa shape index (κ1) is 15.0. The first-order valence-corrected chi connectivity index (χ1v) is 9.05. The van der Waals surface area contributed by atoms with Crippen LogP contribution in [-0.2, 0) is 9.84 Å². The topological polar surface area (TPSA) is 0 Å². The summed E-state index contributed by atoms with van der Waals surface area (Å²) in [5.74, 6) is 0. The molecule has 17 heavy (non-hydrogen) atoms. The summed E-state index contributed by atoms with van der Waals surface area (Å²) < 4.78 is 1.77.